The van der Waals surface area contributed by atoms with E-state index in [-0.39, 0.29) is 23.8 Å². The van der Waals surface area contributed by atoms with Gasteiger partial charge in [-0.15, -0.1) is 0 Å². The number of hydrogen-bond acceptors (Lipinski definition) is 3. The maximum absolute atomic E-state index is 11.5. The highest BCUT2D eigenvalue weighted by molar-refractivity contribution is 5.82. The van der Waals surface area contributed by atoms with Crippen molar-refractivity contribution in [3.05, 3.63) is 0 Å². The van der Waals surface area contributed by atoms with Gasteiger partial charge in [0.1, 0.15) is 0 Å². The first-order valence-corrected chi connectivity index (χ1v) is 8.94. The third-order valence-electron chi connectivity index (χ3n) is 4.73. The number of hydrogen-bond donors (Lipinski definition) is 3. The molecule has 5 heteroatoms. The van der Waals surface area contributed by atoms with Crippen LogP contribution in [-0.4, -0.2) is 37.1 Å². The molecule has 3 N–H and O–H groups in total. The molecule has 0 rings (SSSR count). The number of rotatable bonds is 10. The molecular weight excluding hydrogens is 292 g/mol. The lowest BCUT2D eigenvalue weighted by atomic mass is 9.78. The van der Waals surface area contributed by atoms with Crippen LogP contribution in [0.15, 0.2) is 0 Å². The van der Waals surface area contributed by atoms with Gasteiger partial charge in [-0.1, -0.05) is 40.5 Å². The molecule has 0 saturated carbocycles. The predicted octanol–water partition coefficient (Wildman–Crippen LogP) is 2.87. The Balaban J connectivity index is 0. The Hall–Kier alpha value is -1.10. The summed E-state index contributed by atoms with van der Waals surface area (Å²) in [5, 5.41) is 14.3. The van der Waals surface area contributed by atoms with Crippen molar-refractivity contribution in [3.8, 4) is 0 Å². The van der Waals surface area contributed by atoms with Crippen molar-refractivity contribution in [2.24, 2.45) is 11.3 Å². The lowest BCUT2D eigenvalue weighted by molar-refractivity contribution is -0.132. The van der Waals surface area contributed by atoms with Gasteiger partial charge in [0.15, 0.2) is 0 Å². The average molecular weight is 331 g/mol. The van der Waals surface area contributed by atoms with Gasteiger partial charge in [-0.2, -0.15) is 0 Å². The molecule has 0 fully saturated rings. The molecule has 0 aliphatic rings. The fourth-order valence-electron chi connectivity index (χ4n) is 2.67. The van der Waals surface area contributed by atoms with Crippen LogP contribution >= 0.6 is 0 Å². The van der Waals surface area contributed by atoms with Crippen LogP contribution < -0.4 is 10.6 Å². The van der Waals surface area contributed by atoms with E-state index < -0.39 is 0 Å². The van der Waals surface area contributed by atoms with Gasteiger partial charge < -0.3 is 15.7 Å². The fraction of sp³-hybridized carbons (Fsp3) is 0.889. The minimum absolute atomic E-state index is 0.0431. The molecule has 0 aliphatic carbocycles. The maximum Gasteiger partial charge on any atom is 0.226 e. The standard InChI is InChI=1S/C9H19NO2.C9H19NO/c1-4-9(5-2,6-7-11)8(12)10-3;1-4-9(5-2)6-7-10-8(3)11/h11H,4-7H2,1-3H3,(H,10,12);9H,4-7H2,1-3H3,(H,10,11). The Morgan fingerprint density at radius 1 is 1.09 bits per heavy atom. The summed E-state index contributed by atoms with van der Waals surface area (Å²) in [4.78, 5) is 22.0. The van der Waals surface area contributed by atoms with E-state index in [0.29, 0.717) is 6.42 Å². The van der Waals surface area contributed by atoms with Crippen molar-refractivity contribution < 1.29 is 14.7 Å². The van der Waals surface area contributed by atoms with Crippen molar-refractivity contribution in [3.63, 3.8) is 0 Å². The molecule has 0 spiro atoms. The number of aliphatic hydroxyl groups excluding tert-OH is 1. The third-order valence-corrected chi connectivity index (χ3v) is 4.73. The molecule has 2 amide bonds. The predicted molar refractivity (Wildman–Crippen MR) is 96.2 cm³/mol. The summed E-state index contributed by atoms with van der Waals surface area (Å²) in [6.07, 6.45) is 5.67. The Bertz CT molecular complexity index is 311. The molecule has 0 atom stereocenters. The quantitative estimate of drug-likeness (QED) is 0.576. The largest absolute Gasteiger partial charge is 0.396 e. The molecule has 0 saturated heterocycles. The summed E-state index contributed by atoms with van der Waals surface area (Å²) in [6.45, 7) is 10.8. The van der Waals surface area contributed by atoms with Crippen LogP contribution in [0.2, 0.25) is 0 Å². The van der Waals surface area contributed by atoms with Gasteiger partial charge in [0.05, 0.1) is 5.41 Å². The van der Waals surface area contributed by atoms with Gasteiger partial charge in [0, 0.05) is 27.1 Å². The van der Waals surface area contributed by atoms with E-state index in [1.165, 1.54) is 12.8 Å². The zero-order valence-electron chi connectivity index (χ0n) is 16.0. The molecule has 0 unspecified atom stereocenters. The van der Waals surface area contributed by atoms with Crippen LogP contribution in [0.4, 0.5) is 0 Å². The fourth-order valence-corrected chi connectivity index (χ4v) is 2.67. The molecule has 23 heavy (non-hydrogen) atoms. The van der Waals surface area contributed by atoms with Crippen LogP contribution in [0.5, 0.6) is 0 Å². The van der Waals surface area contributed by atoms with Crippen LogP contribution in [-0.2, 0) is 9.59 Å². The first-order valence-electron chi connectivity index (χ1n) is 8.94. The Labute approximate surface area is 142 Å². The second-order valence-corrected chi connectivity index (χ2v) is 5.99. The van der Waals surface area contributed by atoms with Crippen molar-refractivity contribution in [2.45, 2.75) is 73.1 Å². The third kappa shape index (κ3) is 10.3. The van der Waals surface area contributed by atoms with E-state index in [1.807, 2.05) is 13.8 Å². The molecule has 0 bridgehead atoms. The Morgan fingerprint density at radius 3 is 1.91 bits per heavy atom. The normalized spacial score (nSPS) is 10.8. The van der Waals surface area contributed by atoms with Gasteiger partial charge in [-0.25, -0.2) is 0 Å². The number of nitrogens with one attached hydrogen (secondary N) is 2. The topological polar surface area (TPSA) is 78.4 Å². The lowest BCUT2D eigenvalue weighted by Crippen LogP contribution is -2.39. The van der Waals surface area contributed by atoms with Crippen molar-refractivity contribution >= 4 is 11.8 Å². The molecule has 0 aromatic heterocycles. The van der Waals surface area contributed by atoms with Crippen LogP contribution in [0.1, 0.15) is 73.1 Å². The minimum atomic E-state index is -0.358. The Morgan fingerprint density at radius 2 is 1.61 bits per heavy atom. The molecule has 0 radical (unpaired) electrons. The van der Waals surface area contributed by atoms with E-state index in [9.17, 15) is 9.59 Å². The van der Waals surface area contributed by atoms with Gasteiger partial charge in [-0.3, -0.25) is 9.59 Å². The van der Waals surface area contributed by atoms with Gasteiger partial charge >= 0.3 is 0 Å². The molecular formula is C18H38N2O3. The number of carbonyl (C=O) groups excluding carboxylic acids is 2. The first-order chi connectivity index (χ1) is 10.9. The molecule has 0 aliphatic heterocycles. The zero-order valence-corrected chi connectivity index (χ0v) is 16.0. The molecule has 0 aromatic carbocycles. The second-order valence-electron chi connectivity index (χ2n) is 5.99. The second kappa shape index (κ2) is 14.5. The van der Waals surface area contributed by atoms with E-state index in [2.05, 4.69) is 24.5 Å². The minimum Gasteiger partial charge on any atom is -0.396 e. The summed E-state index contributed by atoms with van der Waals surface area (Å²) < 4.78 is 0. The van der Waals surface area contributed by atoms with Crippen LogP contribution in [0, 0.1) is 11.3 Å². The smallest absolute Gasteiger partial charge is 0.226 e. The summed E-state index contributed by atoms with van der Waals surface area (Å²) >= 11 is 0. The maximum atomic E-state index is 11.5. The van der Waals surface area contributed by atoms with Crippen LogP contribution in [0.3, 0.4) is 0 Å². The van der Waals surface area contributed by atoms with E-state index in [0.717, 1.165) is 31.7 Å². The highest BCUT2D eigenvalue weighted by Crippen LogP contribution is 2.30. The Kier molecular flexibility index (Phi) is 15.2. The highest BCUT2D eigenvalue weighted by atomic mass is 16.3. The molecule has 0 heterocycles. The van der Waals surface area contributed by atoms with Crippen molar-refractivity contribution in [2.75, 3.05) is 20.2 Å². The monoisotopic (exact) mass is 330 g/mol. The lowest BCUT2D eigenvalue weighted by Gasteiger charge is -2.28. The summed E-state index contributed by atoms with van der Waals surface area (Å²) in [5.74, 6) is 0.902. The van der Waals surface area contributed by atoms with Crippen molar-refractivity contribution in [1.82, 2.24) is 10.6 Å². The summed E-state index contributed by atoms with van der Waals surface area (Å²) in [6, 6.07) is 0. The number of aliphatic hydroxyl groups is 1. The van der Waals surface area contributed by atoms with Gasteiger partial charge in [-0.05, 0) is 31.6 Å². The average Bonchev–Trinajstić information content (AvgIpc) is 2.56. The zero-order chi connectivity index (χ0) is 18.3. The van der Waals surface area contributed by atoms with Crippen molar-refractivity contribution in [1.29, 1.82) is 0 Å². The summed E-state index contributed by atoms with van der Waals surface area (Å²) in [7, 11) is 1.64. The summed E-state index contributed by atoms with van der Waals surface area (Å²) in [5.41, 5.74) is -0.358. The van der Waals surface area contributed by atoms with Gasteiger partial charge in [0.25, 0.3) is 0 Å². The van der Waals surface area contributed by atoms with E-state index in [4.69, 9.17) is 5.11 Å². The molecule has 138 valence electrons. The highest BCUT2D eigenvalue weighted by Gasteiger charge is 2.33. The number of carbonyl (C=O) groups is 2. The molecule has 5 nitrogen and oxygen atoms in total. The first kappa shape index (κ1) is 24.2. The molecule has 0 aromatic rings. The SMILES string of the molecule is CCC(CC)(CCO)C(=O)NC.CCC(CC)CCNC(C)=O. The van der Waals surface area contributed by atoms with E-state index >= 15 is 0 Å². The van der Waals surface area contributed by atoms with Crippen LogP contribution in [0.25, 0.3) is 0 Å². The van der Waals surface area contributed by atoms with Gasteiger partial charge in [0.2, 0.25) is 11.8 Å². The van der Waals surface area contributed by atoms with E-state index in [1.54, 1.807) is 14.0 Å². The number of amides is 2.